The quantitative estimate of drug-likeness (QED) is 0.806. The molecule has 92 valence electrons. The van der Waals surface area contributed by atoms with Crippen LogP contribution in [0.3, 0.4) is 0 Å². The fourth-order valence-electron chi connectivity index (χ4n) is 1.38. The highest BCUT2D eigenvalue weighted by Crippen LogP contribution is 2.39. The summed E-state index contributed by atoms with van der Waals surface area (Å²) < 4.78 is 36.9. The molecule has 1 aromatic heterocycles. The van der Waals surface area contributed by atoms with Gasteiger partial charge in [-0.15, -0.1) is 5.10 Å². The first-order valence-electron chi connectivity index (χ1n) is 4.82. The minimum Gasteiger partial charge on any atom is -0.481 e. The first kappa shape index (κ1) is 12.7. The largest absolute Gasteiger partial charge is 0.481 e. The van der Waals surface area contributed by atoms with Gasteiger partial charge in [0.05, 0.1) is 19.8 Å². The maximum atomic E-state index is 12.9. The van der Waals surface area contributed by atoms with Crippen LogP contribution in [0, 0.1) is 0 Å². The van der Waals surface area contributed by atoms with Crippen LogP contribution in [-0.2, 0) is 5.54 Å². The lowest BCUT2D eigenvalue weighted by molar-refractivity contribution is 0.141. The minimum atomic E-state index is -2.68. The summed E-state index contributed by atoms with van der Waals surface area (Å²) in [6, 6.07) is 0. The van der Waals surface area contributed by atoms with Crippen molar-refractivity contribution in [1.29, 1.82) is 0 Å². The van der Waals surface area contributed by atoms with E-state index in [2.05, 4.69) is 5.10 Å². The SMILES string of the molecule is COc1nn(C(C)(C)C)c(OC)c1C(F)F. The Bertz CT molecular complexity index is 370. The molecule has 1 heterocycles. The average Bonchev–Trinajstić information content (AvgIpc) is 2.54. The average molecular weight is 234 g/mol. The molecule has 0 aliphatic heterocycles. The van der Waals surface area contributed by atoms with Crippen LogP contribution >= 0.6 is 0 Å². The number of hydrogen-bond acceptors (Lipinski definition) is 3. The molecule has 0 unspecified atom stereocenters. The van der Waals surface area contributed by atoms with Gasteiger partial charge in [0.2, 0.25) is 11.8 Å². The van der Waals surface area contributed by atoms with Crippen LogP contribution in [0.15, 0.2) is 0 Å². The van der Waals surface area contributed by atoms with Crippen molar-refractivity contribution in [1.82, 2.24) is 9.78 Å². The predicted octanol–water partition coefficient (Wildman–Crippen LogP) is 2.59. The highest BCUT2D eigenvalue weighted by atomic mass is 19.3. The Morgan fingerprint density at radius 3 is 2.06 bits per heavy atom. The van der Waals surface area contributed by atoms with Crippen LogP contribution < -0.4 is 9.47 Å². The van der Waals surface area contributed by atoms with Crippen LogP contribution in [0.1, 0.15) is 32.8 Å². The number of hydrogen-bond donors (Lipinski definition) is 0. The van der Waals surface area contributed by atoms with Crippen molar-refractivity contribution in [3.8, 4) is 11.8 Å². The monoisotopic (exact) mass is 234 g/mol. The van der Waals surface area contributed by atoms with Crippen molar-refractivity contribution in [3.63, 3.8) is 0 Å². The summed E-state index contributed by atoms with van der Waals surface area (Å²) in [5, 5.41) is 3.98. The van der Waals surface area contributed by atoms with Crippen LogP contribution in [0.2, 0.25) is 0 Å². The van der Waals surface area contributed by atoms with E-state index >= 15 is 0 Å². The first-order chi connectivity index (χ1) is 7.32. The standard InChI is InChI=1S/C10H16F2N2O2/c1-10(2,3)14-9(16-5)6(7(11)12)8(13-14)15-4/h7H,1-5H3. The molecule has 1 rings (SSSR count). The molecule has 0 amide bonds. The molecule has 0 spiro atoms. The predicted molar refractivity (Wildman–Crippen MR) is 55.3 cm³/mol. The second-order valence-electron chi connectivity index (χ2n) is 4.32. The molecular formula is C10H16F2N2O2. The van der Waals surface area contributed by atoms with Crippen molar-refractivity contribution in [2.45, 2.75) is 32.7 Å². The number of rotatable bonds is 3. The Balaban J connectivity index is 3.42. The van der Waals surface area contributed by atoms with E-state index < -0.39 is 12.0 Å². The van der Waals surface area contributed by atoms with Gasteiger partial charge < -0.3 is 9.47 Å². The molecule has 0 radical (unpaired) electrons. The summed E-state index contributed by atoms with van der Waals surface area (Å²) in [4.78, 5) is 0. The van der Waals surface area contributed by atoms with Crippen molar-refractivity contribution >= 4 is 0 Å². The molecule has 0 aromatic carbocycles. The van der Waals surface area contributed by atoms with E-state index in [0.717, 1.165) is 0 Å². The van der Waals surface area contributed by atoms with Gasteiger partial charge in [0, 0.05) is 0 Å². The van der Waals surface area contributed by atoms with E-state index in [9.17, 15) is 8.78 Å². The second kappa shape index (κ2) is 4.27. The van der Waals surface area contributed by atoms with E-state index in [4.69, 9.17) is 9.47 Å². The Morgan fingerprint density at radius 2 is 1.75 bits per heavy atom. The lowest BCUT2D eigenvalue weighted by Crippen LogP contribution is -2.23. The summed E-state index contributed by atoms with van der Waals surface area (Å²) in [7, 11) is 2.64. The fourth-order valence-corrected chi connectivity index (χ4v) is 1.38. The Hall–Kier alpha value is -1.33. The molecule has 1 aromatic rings. The molecule has 0 aliphatic rings. The number of halogens is 2. The molecule has 16 heavy (non-hydrogen) atoms. The van der Waals surface area contributed by atoms with Crippen molar-refractivity contribution in [2.75, 3.05) is 14.2 Å². The first-order valence-corrected chi connectivity index (χ1v) is 4.82. The zero-order chi connectivity index (χ0) is 12.5. The lowest BCUT2D eigenvalue weighted by atomic mass is 10.1. The zero-order valence-electron chi connectivity index (χ0n) is 10.0. The normalized spacial score (nSPS) is 12.0. The van der Waals surface area contributed by atoms with Crippen LogP contribution in [-0.4, -0.2) is 24.0 Å². The van der Waals surface area contributed by atoms with E-state index in [-0.39, 0.29) is 17.3 Å². The Labute approximate surface area is 93.2 Å². The van der Waals surface area contributed by atoms with Crippen molar-refractivity contribution < 1.29 is 18.3 Å². The number of nitrogens with zero attached hydrogens (tertiary/aromatic N) is 2. The van der Waals surface area contributed by atoms with Crippen molar-refractivity contribution in [2.24, 2.45) is 0 Å². The zero-order valence-corrected chi connectivity index (χ0v) is 10.0. The van der Waals surface area contributed by atoms with Gasteiger partial charge in [-0.05, 0) is 20.8 Å². The number of aromatic nitrogens is 2. The topological polar surface area (TPSA) is 36.3 Å². The maximum Gasteiger partial charge on any atom is 0.274 e. The van der Waals surface area contributed by atoms with Crippen LogP contribution in [0.25, 0.3) is 0 Å². The van der Waals surface area contributed by atoms with Gasteiger partial charge in [-0.25, -0.2) is 13.5 Å². The lowest BCUT2D eigenvalue weighted by Gasteiger charge is -2.21. The smallest absolute Gasteiger partial charge is 0.274 e. The molecule has 4 nitrogen and oxygen atoms in total. The molecule has 6 heteroatoms. The number of methoxy groups -OCH3 is 2. The van der Waals surface area contributed by atoms with Gasteiger partial charge in [0.1, 0.15) is 5.56 Å². The third kappa shape index (κ3) is 2.10. The van der Waals surface area contributed by atoms with Crippen LogP contribution in [0.4, 0.5) is 8.78 Å². The molecule has 0 atom stereocenters. The Morgan fingerprint density at radius 1 is 1.19 bits per heavy atom. The number of ether oxygens (including phenoxy) is 2. The third-order valence-corrected chi connectivity index (χ3v) is 2.08. The summed E-state index contributed by atoms with van der Waals surface area (Å²) in [5.74, 6) is -0.0545. The van der Waals surface area contributed by atoms with E-state index in [1.807, 2.05) is 20.8 Å². The van der Waals surface area contributed by atoms with Crippen LogP contribution in [0.5, 0.6) is 11.8 Å². The minimum absolute atomic E-state index is 0.0411. The summed E-state index contributed by atoms with van der Waals surface area (Å²) >= 11 is 0. The van der Waals surface area contributed by atoms with Gasteiger partial charge in [-0.1, -0.05) is 0 Å². The summed E-state index contributed by atoms with van der Waals surface area (Å²) in [6.07, 6.45) is -2.68. The molecule has 0 N–H and O–H groups in total. The third-order valence-electron chi connectivity index (χ3n) is 2.08. The van der Waals surface area contributed by atoms with Gasteiger partial charge in [-0.2, -0.15) is 0 Å². The van der Waals surface area contributed by atoms with E-state index in [1.165, 1.54) is 18.9 Å². The molecule has 0 saturated carbocycles. The summed E-state index contributed by atoms with van der Waals surface area (Å²) in [6.45, 7) is 5.53. The molecule has 0 fully saturated rings. The van der Waals surface area contributed by atoms with E-state index in [0.29, 0.717) is 0 Å². The van der Waals surface area contributed by atoms with Gasteiger partial charge >= 0.3 is 0 Å². The van der Waals surface area contributed by atoms with Gasteiger partial charge in [0.15, 0.2) is 0 Å². The van der Waals surface area contributed by atoms with Gasteiger partial charge in [0.25, 0.3) is 6.43 Å². The molecule has 0 bridgehead atoms. The fraction of sp³-hybridized carbons (Fsp3) is 0.700. The Kier molecular flexibility index (Phi) is 3.40. The molecule has 0 saturated heterocycles. The molecular weight excluding hydrogens is 218 g/mol. The highest BCUT2D eigenvalue weighted by Gasteiger charge is 2.31. The molecule has 0 aliphatic carbocycles. The van der Waals surface area contributed by atoms with E-state index in [1.54, 1.807) is 0 Å². The van der Waals surface area contributed by atoms with Gasteiger partial charge in [-0.3, -0.25) is 0 Å². The number of alkyl halides is 2. The maximum absolute atomic E-state index is 12.9. The van der Waals surface area contributed by atoms with Crippen molar-refractivity contribution in [3.05, 3.63) is 5.56 Å². The highest BCUT2D eigenvalue weighted by molar-refractivity contribution is 5.38. The summed E-state index contributed by atoms with van der Waals surface area (Å²) in [5.41, 5.74) is -0.758. The second-order valence-corrected chi connectivity index (χ2v) is 4.32.